The molecule has 2 aromatic rings. The van der Waals surface area contributed by atoms with Crippen LogP contribution in [0.4, 0.5) is 5.69 Å². The minimum absolute atomic E-state index is 0.310. The number of phenols is 1. The Morgan fingerprint density at radius 1 is 1.15 bits per heavy atom. The molecule has 0 bridgehead atoms. The van der Waals surface area contributed by atoms with Crippen molar-refractivity contribution in [3.05, 3.63) is 59.7 Å². The predicted molar refractivity (Wildman–Crippen MR) is 109 cm³/mol. The van der Waals surface area contributed by atoms with E-state index in [1.165, 1.54) is 5.56 Å². The van der Waals surface area contributed by atoms with Gasteiger partial charge in [0.1, 0.15) is 24.9 Å². The van der Waals surface area contributed by atoms with Crippen LogP contribution in [0.1, 0.15) is 31.4 Å². The number of quaternary nitrogens is 1. The molecule has 26 heavy (non-hydrogen) atoms. The fourth-order valence-electron chi connectivity index (χ4n) is 3.69. The first-order valence-corrected chi connectivity index (χ1v) is 9.68. The highest BCUT2D eigenvalue weighted by Crippen LogP contribution is 2.23. The first kappa shape index (κ1) is 18.5. The first-order valence-electron chi connectivity index (χ1n) is 9.68. The summed E-state index contributed by atoms with van der Waals surface area (Å²) < 4.78 is 0. The van der Waals surface area contributed by atoms with E-state index in [0.29, 0.717) is 11.8 Å². The van der Waals surface area contributed by atoms with Gasteiger partial charge in [0.05, 0.1) is 6.54 Å². The number of nitrogens with zero attached hydrogens (tertiary/aromatic N) is 2. The molecule has 2 atom stereocenters. The molecule has 1 aliphatic heterocycles. The van der Waals surface area contributed by atoms with Crippen LogP contribution >= 0.6 is 0 Å². The van der Waals surface area contributed by atoms with Crippen molar-refractivity contribution >= 4 is 11.9 Å². The van der Waals surface area contributed by atoms with Crippen molar-refractivity contribution in [1.82, 2.24) is 0 Å². The number of hydrogen-bond donors (Lipinski definition) is 2. The molecule has 0 aromatic heterocycles. The van der Waals surface area contributed by atoms with Crippen molar-refractivity contribution in [3.63, 3.8) is 0 Å². The maximum absolute atomic E-state index is 10.3. The van der Waals surface area contributed by atoms with E-state index < -0.39 is 0 Å². The topological polar surface area (TPSA) is 40.3 Å². The van der Waals surface area contributed by atoms with E-state index in [0.717, 1.165) is 50.4 Å². The number of phenolic OH excluding ortho intramolecular Hbond substituents is 1. The van der Waals surface area contributed by atoms with Crippen LogP contribution in [-0.2, 0) is 6.54 Å². The molecule has 1 aliphatic rings. The largest absolute Gasteiger partial charge is 0.507 e. The van der Waals surface area contributed by atoms with Gasteiger partial charge in [0.25, 0.3) is 0 Å². The Balaban J connectivity index is 1.58. The van der Waals surface area contributed by atoms with Crippen LogP contribution in [0.5, 0.6) is 5.75 Å². The summed E-state index contributed by atoms with van der Waals surface area (Å²) in [4.78, 5) is 8.55. The maximum Gasteiger partial charge on any atom is 0.126 e. The Morgan fingerprint density at radius 2 is 1.92 bits per heavy atom. The third kappa shape index (κ3) is 4.64. The highest BCUT2D eigenvalue weighted by atomic mass is 16.3. The van der Waals surface area contributed by atoms with Gasteiger partial charge in [-0.2, -0.15) is 0 Å². The molecule has 0 spiro atoms. The Labute approximate surface area is 156 Å². The van der Waals surface area contributed by atoms with Crippen molar-refractivity contribution < 1.29 is 10.0 Å². The molecule has 4 heteroatoms. The number of benzene rings is 2. The molecule has 2 aromatic carbocycles. The average Bonchev–Trinajstić information content (AvgIpc) is 3.10. The van der Waals surface area contributed by atoms with Gasteiger partial charge >= 0.3 is 0 Å². The molecular weight excluding hydrogens is 322 g/mol. The lowest BCUT2D eigenvalue weighted by Gasteiger charge is -2.21. The summed E-state index contributed by atoms with van der Waals surface area (Å²) in [5, 5.41) is 10.3. The molecule has 1 saturated heterocycles. The Hall–Kier alpha value is -2.33. The number of aromatic hydroxyl groups is 1. The third-order valence-electron chi connectivity index (χ3n) is 5.22. The predicted octanol–water partition coefficient (Wildman–Crippen LogP) is 2.51. The van der Waals surface area contributed by atoms with Gasteiger partial charge in [-0.05, 0) is 26.0 Å². The lowest BCUT2D eigenvalue weighted by atomic mass is 10.1. The quantitative estimate of drug-likeness (QED) is 0.752. The van der Waals surface area contributed by atoms with E-state index in [9.17, 15) is 5.11 Å². The normalized spacial score (nSPS) is 19.9. The second-order valence-corrected chi connectivity index (χ2v) is 7.00. The second-order valence-electron chi connectivity index (χ2n) is 7.00. The molecule has 138 valence electrons. The summed E-state index contributed by atoms with van der Waals surface area (Å²) >= 11 is 0. The molecule has 0 radical (unpaired) electrons. The van der Waals surface area contributed by atoms with Crippen LogP contribution in [0.15, 0.2) is 53.5 Å². The van der Waals surface area contributed by atoms with Gasteiger partial charge in [-0.1, -0.05) is 30.3 Å². The van der Waals surface area contributed by atoms with Gasteiger partial charge in [0.2, 0.25) is 0 Å². The highest BCUT2D eigenvalue weighted by Gasteiger charge is 2.25. The summed E-state index contributed by atoms with van der Waals surface area (Å²) in [7, 11) is 0. The summed E-state index contributed by atoms with van der Waals surface area (Å²) in [6.07, 6.45) is 2.95. The standard InChI is InChI=1S/C22H29N3O/c1-3-25(4-2)21-11-10-19(22(26)14-21)15-23-20-12-13-24(17-20)16-18-8-6-5-7-9-18/h5-11,14-15,20,26H,3-4,12-13,16-17H2,1-2H3/p+1/t20-/m1/s1. The zero-order chi connectivity index (χ0) is 18.4. The van der Waals surface area contributed by atoms with Crippen LogP contribution in [0, 0.1) is 0 Å². The molecule has 3 rings (SSSR count). The summed E-state index contributed by atoms with van der Waals surface area (Å²) in [6, 6.07) is 16.9. The molecule has 1 fully saturated rings. The van der Waals surface area contributed by atoms with Gasteiger partial charge in [-0.15, -0.1) is 0 Å². The third-order valence-corrected chi connectivity index (χ3v) is 5.22. The van der Waals surface area contributed by atoms with E-state index >= 15 is 0 Å². The minimum atomic E-state index is 0.310. The molecule has 2 N–H and O–H groups in total. The zero-order valence-electron chi connectivity index (χ0n) is 15.9. The zero-order valence-corrected chi connectivity index (χ0v) is 15.9. The van der Waals surface area contributed by atoms with Gasteiger partial charge in [0, 0.05) is 48.6 Å². The maximum atomic E-state index is 10.3. The van der Waals surface area contributed by atoms with Crippen LogP contribution in [0.3, 0.4) is 0 Å². The number of nitrogens with one attached hydrogen (secondary N) is 1. The van der Waals surface area contributed by atoms with Gasteiger partial charge in [-0.3, -0.25) is 4.99 Å². The SMILES string of the molecule is CCN(CC)c1ccc(C=N[C@@H]2CC[NH+](Cc3ccccc3)C2)c(O)c1. The van der Waals surface area contributed by atoms with Crippen molar-refractivity contribution in [2.75, 3.05) is 31.1 Å². The Kier molecular flexibility index (Phi) is 6.29. The Bertz CT molecular complexity index is 725. The summed E-state index contributed by atoms with van der Waals surface area (Å²) in [5.74, 6) is 0.310. The fraction of sp³-hybridized carbons (Fsp3) is 0.409. The van der Waals surface area contributed by atoms with Crippen molar-refractivity contribution in [3.8, 4) is 5.75 Å². The second kappa shape index (κ2) is 8.86. The number of aliphatic imine (C=N–C) groups is 1. The lowest BCUT2D eigenvalue weighted by Crippen LogP contribution is -3.09. The first-order chi connectivity index (χ1) is 12.7. The molecule has 0 amide bonds. The number of likely N-dealkylation sites (tertiary alicyclic amines) is 1. The van der Waals surface area contributed by atoms with E-state index in [1.807, 2.05) is 18.3 Å². The van der Waals surface area contributed by atoms with Gasteiger partial charge < -0.3 is 14.9 Å². The van der Waals surface area contributed by atoms with Crippen LogP contribution < -0.4 is 9.80 Å². The monoisotopic (exact) mass is 352 g/mol. The molecule has 0 aliphatic carbocycles. The number of rotatable bonds is 7. The molecule has 0 saturated carbocycles. The average molecular weight is 353 g/mol. The summed E-state index contributed by atoms with van der Waals surface area (Å²) in [5.41, 5.74) is 3.25. The van der Waals surface area contributed by atoms with Crippen LogP contribution in [0.2, 0.25) is 0 Å². The molecule has 1 heterocycles. The minimum Gasteiger partial charge on any atom is -0.507 e. The molecule has 1 unspecified atom stereocenters. The van der Waals surface area contributed by atoms with Crippen molar-refractivity contribution in [2.24, 2.45) is 4.99 Å². The van der Waals surface area contributed by atoms with E-state index in [-0.39, 0.29) is 0 Å². The van der Waals surface area contributed by atoms with Crippen molar-refractivity contribution in [1.29, 1.82) is 0 Å². The van der Waals surface area contributed by atoms with E-state index in [1.54, 1.807) is 4.90 Å². The van der Waals surface area contributed by atoms with Crippen LogP contribution in [0.25, 0.3) is 0 Å². The molecular formula is C22H30N3O+. The van der Waals surface area contributed by atoms with Gasteiger partial charge in [0.15, 0.2) is 0 Å². The fourth-order valence-corrected chi connectivity index (χ4v) is 3.69. The molecule has 4 nitrogen and oxygen atoms in total. The van der Waals surface area contributed by atoms with Crippen molar-refractivity contribution in [2.45, 2.75) is 32.9 Å². The van der Waals surface area contributed by atoms with E-state index in [4.69, 9.17) is 4.99 Å². The van der Waals surface area contributed by atoms with E-state index in [2.05, 4.69) is 55.1 Å². The number of hydrogen-bond acceptors (Lipinski definition) is 3. The van der Waals surface area contributed by atoms with Crippen LogP contribution in [-0.4, -0.2) is 43.5 Å². The summed E-state index contributed by atoms with van der Waals surface area (Å²) in [6.45, 7) is 9.40. The lowest BCUT2D eigenvalue weighted by molar-refractivity contribution is -0.901. The Morgan fingerprint density at radius 3 is 2.62 bits per heavy atom. The smallest absolute Gasteiger partial charge is 0.126 e. The number of anilines is 1. The van der Waals surface area contributed by atoms with Gasteiger partial charge in [-0.25, -0.2) is 0 Å². The highest BCUT2D eigenvalue weighted by molar-refractivity contribution is 5.84.